The van der Waals surface area contributed by atoms with E-state index in [0.717, 1.165) is 34.6 Å². The van der Waals surface area contributed by atoms with Crippen LogP contribution in [-0.4, -0.2) is 20.7 Å². The van der Waals surface area contributed by atoms with Gasteiger partial charge in [0.15, 0.2) is 11.5 Å². The third-order valence-corrected chi connectivity index (χ3v) is 5.07. The third-order valence-electron chi connectivity index (χ3n) is 5.07. The van der Waals surface area contributed by atoms with Crippen molar-refractivity contribution in [3.05, 3.63) is 89.5 Å². The van der Waals surface area contributed by atoms with Gasteiger partial charge in [-0.2, -0.15) is 0 Å². The molecule has 0 aliphatic heterocycles. The monoisotopic (exact) mass is 413 g/mol. The van der Waals surface area contributed by atoms with Crippen molar-refractivity contribution in [2.45, 2.75) is 33.6 Å². The van der Waals surface area contributed by atoms with Crippen LogP contribution in [0, 0.1) is 13.8 Å². The minimum absolute atomic E-state index is 0.0206. The Morgan fingerprint density at radius 3 is 2.58 bits per heavy atom. The average Bonchev–Trinajstić information content (AvgIpc) is 3.19. The zero-order chi connectivity index (χ0) is 21.8. The molecule has 4 aromatic rings. The Balaban J connectivity index is 1.55. The standard InChI is InChI=1S/C25H23N3O3/c1-4-18-5-6-20(31-21-9-17(3)30-15-21)11-22(18)24-14-27-19(12-28-24)10-25(29)23-13-26-8-7-16(23)2/h5-9,11-15H,4,10H2,1-3H3. The van der Waals surface area contributed by atoms with Gasteiger partial charge in [-0.3, -0.25) is 19.7 Å². The smallest absolute Gasteiger partial charge is 0.170 e. The van der Waals surface area contributed by atoms with E-state index in [4.69, 9.17) is 9.15 Å². The van der Waals surface area contributed by atoms with Crippen molar-refractivity contribution < 1.29 is 13.9 Å². The second-order valence-electron chi connectivity index (χ2n) is 7.35. The molecule has 0 unspecified atom stereocenters. The Labute approximate surface area is 181 Å². The molecule has 0 radical (unpaired) electrons. The van der Waals surface area contributed by atoms with Crippen LogP contribution in [-0.2, 0) is 12.8 Å². The number of ketones is 1. The van der Waals surface area contributed by atoms with Crippen molar-refractivity contribution in [2.75, 3.05) is 0 Å². The molecule has 0 bridgehead atoms. The molecular formula is C25H23N3O3. The van der Waals surface area contributed by atoms with Crippen LogP contribution in [0.15, 0.2) is 65.8 Å². The molecule has 0 saturated heterocycles. The molecule has 3 heterocycles. The number of rotatable bonds is 7. The number of Topliss-reactive ketones (excluding diaryl/α,β-unsaturated/α-hetero) is 1. The number of furan rings is 1. The largest absolute Gasteiger partial charge is 0.466 e. The van der Waals surface area contributed by atoms with Gasteiger partial charge in [0.1, 0.15) is 17.8 Å². The molecule has 6 heteroatoms. The normalized spacial score (nSPS) is 10.8. The highest BCUT2D eigenvalue weighted by Crippen LogP contribution is 2.30. The van der Waals surface area contributed by atoms with Crippen LogP contribution in [0.25, 0.3) is 11.3 Å². The molecule has 0 fully saturated rings. The van der Waals surface area contributed by atoms with Crippen LogP contribution < -0.4 is 4.74 Å². The Morgan fingerprint density at radius 1 is 1.03 bits per heavy atom. The van der Waals surface area contributed by atoms with Crippen LogP contribution in [0.3, 0.4) is 0 Å². The number of aromatic nitrogens is 3. The van der Waals surface area contributed by atoms with E-state index in [1.54, 1.807) is 31.1 Å². The molecule has 0 aliphatic rings. The highest BCUT2D eigenvalue weighted by atomic mass is 16.5. The fourth-order valence-corrected chi connectivity index (χ4v) is 3.38. The molecule has 0 spiro atoms. The van der Waals surface area contributed by atoms with Crippen molar-refractivity contribution in [3.63, 3.8) is 0 Å². The Morgan fingerprint density at radius 2 is 1.90 bits per heavy atom. The number of pyridine rings is 1. The Bertz CT molecular complexity index is 1210. The first-order valence-electron chi connectivity index (χ1n) is 10.1. The van der Waals surface area contributed by atoms with E-state index in [0.29, 0.717) is 22.8 Å². The number of nitrogens with zero attached hydrogens (tertiary/aromatic N) is 3. The SMILES string of the molecule is CCc1ccc(Oc2coc(C)c2)cc1-c1cnc(CC(=O)c2cnccc2C)cn1. The molecule has 4 rings (SSSR count). The van der Waals surface area contributed by atoms with Crippen LogP contribution in [0.5, 0.6) is 11.5 Å². The van der Waals surface area contributed by atoms with Crippen LogP contribution in [0.1, 0.15) is 39.9 Å². The van der Waals surface area contributed by atoms with Crippen molar-refractivity contribution in [1.82, 2.24) is 15.0 Å². The summed E-state index contributed by atoms with van der Waals surface area (Å²) < 4.78 is 11.2. The quantitative estimate of drug-likeness (QED) is 0.371. The Hall–Kier alpha value is -3.80. The minimum atomic E-state index is -0.0206. The topological polar surface area (TPSA) is 78.1 Å². The lowest BCUT2D eigenvalue weighted by Crippen LogP contribution is -2.08. The summed E-state index contributed by atoms with van der Waals surface area (Å²) in [5.74, 6) is 2.12. The van der Waals surface area contributed by atoms with Gasteiger partial charge in [0.25, 0.3) is 0 Å². The molecule has 0 N–H and O–H groups in total. The number of carbonyl (C=O) groups excluding carboxylic acids is 1. The molecule has 0 amide bonds. The summed E-state index contributed by atoms with van der Waals surface area (Å²) >= 11 is 0. The number of ether oxygens (including phenoxy) is 1. The number of hydrogen-bond donors (Lipinski definition) is 0. The maximum atomic E-state index is 12.6. The minimum Gasteiger partial charge on any atom is -0.466 e. The van der Waals surface area contributed by atoms with Gasteiger partial charge in [-0.1, -0.05) is 13.0 Å². The summed E-state index contributed by atoms with van der Waals surface area (Å²) in [4.78, 5) is 25.7. The van der Waals surface area contributed by atoms with E-state index < -0.39 is 0 Å². The van der Waals surface area contributed by atoms with Crippen LogP contribution in [0.4, 0.5) is 0 Å². The molecule has 0 saturated carbocycles. The van der Waals surface area contributed by atoms with E-state index >= 15 is 0 Å². The van der Waals surface area contributed by atoms with E-state index in [9.17, 15) is 4.79 Å². The maximum absolute atomic E-state index is 12.6. The lowest BCUT2D eigenvalue weighted by Gasteiger charge is -2.11. The van der Waals surface area contributed by atoms with E-state index in [1.807, 2.05) is 44.2 Å². The molecule has 0 aliphatic carbocycles. The van der Waals surface area contributed by atoms with E-state index in [2.05, 4.69) is 21.9 Å². The zero-order valence-corrected chi connectivity index (χ0v) is 17.8. The van der Waals surface area contributed by atoms with Crippen LogP contribution >= 0.6 is 0 Å². The van der Waals surface area contributed by atoms with Crippen molar-refractivity contribution in [2.24, 2.45) is 0 Å². The predicted octanol–water partition coefficient (Wildman–Crippen LogP) is 5.53. The number of hydrogen-bond acceptors (Lipinski definition) is 6. The zero-order valence-electron chi connectivity index (χ0n) is 17.8. The van der Waals surface area contributed by atoms with Gasteiger partial charge in [-0.15, -0.1) is 0 Å². The van der Waals surface area contributed by atoms with Gasteiger partial charge >= 0.3 is 0 Å². The van der Waals surface area contributed by atoms with Crippen molar-refractivity contribution >= 4 is 5.78 Å². The summed E-state index contributed by atoms with van der Waals surface area (Å²) in [6, 6.07) is 9.58. The first kappa shape index (κ1) is 20.5. The molecule has 3 aromatic heterocycles. The highest BCUT2D eigenvalue weighted by molar-refractivity contribution is 5.98. The number of carbonyl (C=O) groups is 1. The van der Waals surface area contributed by atoms with Gasteiger partial charge in [0.2, 0.25) is 0 Å². The summed E-state index contributed by atoms with van der Waals surface area (Å²) in [5, 5.41) is 0. The highest BCUT2D eigenvalue weighted by Gasteiger charge is 2.13. The summed E-state index contributed by atoms with van der Waals surface area (Å²) in [6.45, 7) is 5.86. The fourth-order valence-electron chi connectivity index (χ4n) is 3.38. The van der Waals surface area contributed by atoms with Crippen molar-refractivity contribution in [1.29, 1.82) is 0 Å². The summed E-state index contributed by atoms with van der Waals surface area (Å²) in [5.41, 5.74) is 4.96. The Kier molecular flexibility index (Phi) is 5.89. The lowest BCUT2D eigenvalue weighted by atomic mass is 10.0. The van der Waals surface area contributed by atoms with Gasteiger partial charge in [-0.05, 0) is 49.6 Å². The van der Waals surface area contributed by atoms with E-state index in [-0.39, 0.29) is 12.2 Å². The number of benzene rings is 1. The average molecular weight is 413 g/mol. The van der Waals surface area contributed by atoms with Crippen LogP contribution in [0.2, 0.25) is 0 Å². The second kappa shape index (κ2) is 8.92. The molecule has 31 heavy (non-hydrogen) atoms. The van der Waals surface area contributed by atoms with Gasteiger partial charge in [0.05, 0.1) is 24.0 Å². The fraction of sp³-hybridized carbons (Fsp3) is 0.200. The molecule has 1 aromatic carbocycles. The van der Waals surface area contributed by atoms with E-state index in [1.165, 1.54) is 0 Å². The lowest BCUT2D eigenvalue weighted by molar-refractivity contribution is 0.0991. The van der Waals surface area contributed by atoms with Gasteiger partial charge in [0, 0.05) is 35.8 Å². The first-order chi connectivity index (χ1) is 15.0. The first-order valence-corrected chi connectivity index (χ1v) is 10.1. The predicted molar refractivity (Wildman–Crippen MR) is 117 cm³/mol. The third kappa shape index (κ3) is 4.69. The van der Waals surface area contributed by atoms with Crippen molar-refractivity contribution in [3.8, 4) is 22.8 Å². The number of aryl methyl sites for hydroxylation is 3. The summed E-state index contributed by atoms with van der Waals surface area (Å²) in [6.07, 6.45) is 9.26. The second-order valence-corrected chi connectivity index (χ2v) is 7.35. The molecular weight excluding hydrogens is 390 g/mol. The maximum Gasteiger partial charge on any atom is 0.170 e. The van der Waals surface area contributed by atoms with Gasteiger partial charge < -0.3 is 9.15 Å². The summed E-state index contributed by atoms with van der Waals surface area (Å²) in [7, 11) is 0. The molecule has 0 atom stereocenters. The molecule has 6 nitrogen and oxygen atoms in total. The van der Waals surface area contributed by atoms with Gasteiger partial charge in [-0.25, -0.2) is 0 Å². The molecule has 156 valence electrons.